The number of rotatable bonds is 5. The van der Waals surface area contributed by atoms with Gasteiger partial charge in [0.15, 0.2) is 0 Å². The minimum atomic E-state index is 0.110. The Labute approximate surface area is 155 Å². The maximum absolute atomic E-state index is 12.9. The van der Waals surface area contributed by atoms with Crippen LogP contribution in [0.25, 0.3) is 0 Å². The first kappa shape index (κ1) is 18.7. The van der Waals surface area contributed by atoms with Gasteiger partial charge in [-0.3, -0.25) is 4.79 Å². The van der Waals surface area contributed by atoms with Crippen LogP contribution in [0.2, 0.25) is 0 Å². The number of benzene rings is 1. The van der Waals surface area contributed by atoms with Crippen LogP contribution in [0.1, 0.15) is 18.4 Å². The molecule has 1 aromatic carbocycles. The van der Waals surface area contributed by atoms with E-state index in [0.717, 1.165) is 70.9 Å². The smallest absolute Gasteiger partial charge is 0.227 e. The van der Waals surface area contributed by atoms with Gasteiger partial charge in [-0.25, -0.2) is 0 Å². The van der Waals surface area contributed by atoms with Gasteiger partial charge in [-0.15, -0.1) is 0 Å². The summed E-state index contributed by atoms with van der Waals surface area (Å²) in [7, 11) is 1.72. The molecule has 140 valence electrons. The van der Waals surface area contributed by atoms with Crippen LogP contribution in [0.5, 0.6) is 0 Å². The van der Waals surface area contributed by atoms with E-state index >= 15 is 0 Å². The summed E-state index contributed by atoms with van der Waals surface area (Å²) in [6.45, 7) is 6.55. The Morgan fingerprint density at radius 2 is 2.00 bits per heavy atom. The van der Waals surface area contributed by atoms with E-state index in [0.29, 0.717) is 11.5 Å². The largest absolute Gasteiger partial charge is 0.383 e. The second kappa shape index (κ2) is 9.02. The number of carbonyl (C=O) groups is 1. The highest BCUT2D eigenvalue weighted by atomic mass is 16.5. The number of amides is 1. The average molecular weight is 356 g/mol. The van der Waals surface area contributed by atoms with Crippen molar-refractivity contribution in [1.82, 2.24) is 9.80 Å². The van der Waals surface area contributed by atoms with E-state index in [9.17, 15) is 10.1 Å². The number of piperidine rings is 1. The Morgan fingerprint density at radius 3 is 2.73 bits per heavy atom. The molecule has 2 fully saturated rings. The summed E-state index contributed by atoms with van der Waals surface area (Å²) < 4.78 is 5.16. The quantitative estimate of drug-likeness (QED) is 0.801. The molecule has 2 aliphatic rings. The molecule has 0 aromatic heterocycles. The van der Waals surface area contributed by atoms with Gasteiger partial charge in [0, 0.05) is 46.4 Å². The molecular weight excluding hydrogens is 328 g/mol. The maximum Gasteiger partial charge on any atom is 0.227 e. The molecule has 0 bridgehead atoms. The third-order valence-electron chi connectivity index (χ3n) is 5.42. The maximum atomic E-state index is 12.9. The number of likely N-dealkylation sites (tertiary alicyclic amines) is 1. The van der Waals surface area contributed by atoms with Gasteiger partial charge >= 0.3 is 0 Å². The Balaban J connectivity index is 1.54. The number of nitriles is 1. The summed E-state index contributed by atoms with van der Waals surface area (Å²) >= 11 is 0. The van der Waals surface area contributed by atoms with Gasteiger partial charge < -0.3 is 19.4 Å². The summed E-state index contributed by atoms with van der Waals surface area (Å²) in [4.78, 5) is 19.5. The zero-order valence-electron chi connectivity index (χ0n) is 15.6. The summed E-state index contributed by atoms with van der Waals surface area (Å²) in [5.41, 5.74) is 1.68. The van der Waals surface area contributed by atoms with Crippen LogP contribution in [-0.4, -0.2) is 75.2 Å². The second-order valence-corrected chi connectivity index (χ2v) is 7.07. The van der Waals surface area contributed by atoms with Crippen LogP contribution in [0, 0.1) is 17.2 Å². The van der Waals surface area contributed by atoms with E-state index in [2.05, 4.69) is 15.9 Å². The van der Waals surface area contributed by atoms with Crippen LogP contribution in [0.15, 0.2) is 24.3 Å². The first-order valence-corrected chi connectivity index (χ1v) is 9.47. The SMILES string of the molecule is COCCN1CCC[C@@H](C(=O)N2CCN(c3ccccc3C#N)CC2)C1. The van der Waals surface area contributed by atoms with Crippen LogP contribution < -0.4 is 4.90 Å². The minimum absolute atomic E-state index is 0.110. The van der Waals surface area contributed by atoms with Crippen LogP contribution >= 0.6 is 0 Å². The van der Waals surface area contributed by atoms with Crippen molar-refractivity contribution in [2.45, 2.75) is 12.8 Å². The molecule has 2 saturated heterocycles. The lowest BCUT2D eigenvalue weighted by atomic mass is 9.96. The van der Waals surface area contributed by atoms with Crippen LogP contribution in [-0.2, 0) is 9.53 Å². The average Bonchev–Trinajstić information content (AvgIpc) is 2.72. The van der Waals surface area contributed by atoms with E-state index in [1.165, 1.54) is 0 Å². The van der Waals surface area contributed by atoms with Crippen molar-refractivity contribution in [3.63, 3.8) is 0 Å². The highest BCUT2D eigenvalue weighted by Crippen LogP contribution is 2.23. The Morgan fingerprint density at radius 1 is 1.23 bits per heavy atom. The topological polar surface area (TPSA) is 59.8 Å². The third-order valence-corrected chi connectivity index (χ3v) is 5.42. The molecule has 1 aromatic rings. The fourth-order valence-electron chi connectivity index (χ4n) is 3.95. The molecule has 0 unspecified atom stereocenters. The van der Waals surface area contributed by atoms with Crippen molar-refractivity contribution in [2.24, 2.45) is 5.92 Å². The minimum Gasteiger partial charge on any atom is -0.383 e. The molecule has 1 amide bonds. The highest BCUT2D eigenvalue weighted by molar-refractivity contribution is 5.79. The molecule has 2 heterocycles. The first-order valence-electron chi connectivity index (χ1n) is 9.47. The number of nitrogens with zero attached hydrogens (tertiary/aromatic N) is 4. The van der Waals surface area contributed by atoms with Gasteiger partial charge in [-0.05, 0) is 31.5 Å². The fourth-order valence-corrected chi connectivity index (χ4v) is 3.95. The number of carbonyl (C=O) groups excluding carboxylic acids is 1. The fraction of sp³-hybridized carbons (Fsp3) is 0.600. The standard InChI is InChI=1S/C20H28N4O2/c1-26-14-13-22-8-4-6-18(16-22)20(25)24-11-9-23(10-12-24)19-7-3-2-5-17(19)15-21/h2-3,5,7,18H,4,6,8-14,16H2,1H3/t18-/m1/s1. The summed E-state index contributed by atoms with van der Waals surface area (Å²) in [6, 6.07) is 9.96. The molecule has 0 spiro atoms. The van der Waals surface area contributed by atoms with Crippen molar-refractivity contribution in [3.05, 3.63) is 29.8 Å². The molecule has 1 atom stereocenters. The van der Waals surface area contributed by atoms with E-state index in [-0.39, 0.29) is 5.92 Å². The highest BCUT2D eigenvalue weighted by Gasteiger charge is 2.31. The number of hydrogen-bond acceptors (Lipinski definition) is 5. The zero-order chi connectivity index (χ0) is 18.4. The zero-order valence-corrected chi connectivity index (χ0v) is 15.6. The van der Waals surface area contributed by atoms with Crippen molar-refractivity contribution >= 4 is 11.6 Å². The first-order chi connectivity index (χ1) is 12.7. The number of piperazine rings is 1. The molecule has 0 N–H and O–H groups in total. The molecule has 26 heavy (non-hydrogen) atoms. The van der Waals surface area contributed by atoms with Crippen molar-refractivity contribution in [2.75, 3.05) is 64.4 Å². The molecule has 0 radical (unpaired) electrons. The lowest BCUT2D eigenvalue weighted by molar-refractivity contribution is -0.137. The number of para-hydroxylation sites is 1. The monoisotopic (exact) mass is 356 g/mol. The summed E-state index contributed by atoms with van der Waals surface area (Å²) in [5, 5.41) is 9.29. The van der Waals surface area contributed by atoms with E-state index in [4.69, 9.17) is 4.74 Å². The molecule has 2 aliphatic heterocycles. The van der Waals surface area contributed by atoms with Gasteiger partial charge in [0.05, 0.1) is 23.8 Å². The van der Waals surface area contributed by atoms with Crippen molar-refractivity contribution in [1.29, 1.82) is 5.26 Å². The lowest BCUT2D eigenvalue weighted by Crippen LogP contribution is -2.52. The number of anilines is 1. The van der Waals surface area contributed by atoms with E-state index < -0.39 is 0 Å². The van der Waals surface area contributed by atoms with Crippen LogP contribution in [0.3, 0.4) is 0 Å². The van der Waals surface area contributed by atoms with E-state index in [1.807, 2.05) is 29.2 Å². The lowest BCUT2D eigenvalue weighted by Gasteiger charge is -2.40. The normalized spacial score (nSPS) is 21.5. The van der Waals surface area contributed by atoms with E-state index in [1.54, 1.807) is 7.11 Å². The molecule has 6 heteroatoms. The molecular formula is C20H28N4O2. The molecule has 6 nitrogen and oxygen atoms in total. The predicted octanol–water partition coefficient (Wildman–Crippen LogP) is 1.57. The van der Waals surface area contributed by atoms with Gasteiger partial charge in [-0.1, -0.05) is 12.1 Å². The summed E-state index contributed by atoms with van der Waals surface area (Å²) in [6.07, 6.45) is 2.06. The number of methoxy groups -OCH3 is 1. The van der Waals surface area contributed by atoms with Gasteiger partial charge in [0.2, 0.25) is 5.91 Å². The van der Waals surface area contributed by atoms with Crippen LogP contribution in [0.4, 0.5) is 5.69 Å². The summed E-state index contributed by atoms with van der Waals surface area (Å²) in [5.74, 6) is 0.402. The third kappa shape index (κ3) is 4.35. The molecule has 0 saturated carbocycles. The van der Waals surface area contributed by atoms with Crippen molar-refractivity contribution < 1.29 is 9.53 Å². The van der Waals surface area contributed by atoms with Crippen molar-refractivity contribution in [3.8, 4) is 6.07 Å². The Hall–Kier alpha value is -2.10. The van der Waals surface area contributed by atoms with Gasteiger partial charge in [0.25, 0.3) is 0 Å². The second-order valence-electron chi connectivity index (χ2n) is 7.07. The number of ether oxygens (including phenoxy) is 1. The predicted molar refractivity (Wildman–Crippen MR) is 101 cm³/mol. The Bertz CT molecular complexity index is 649. The molecule has 3 rings (SSSR count). The van der Waals surface area contributed by atoms with Gasteiger partial charge in [0.1, 0.15) is 6.07 Å². The Kier molecular flexibility index (Phi) is 6.48. The van der Waals surface area contributed by atoms with Gasteiger partial charge in [-0.2, -0.15) is 5.26 Å². The molecule has 0 aliphatic carbocycles. The number of hydrogen-bond donors (Lipinski definition) is 0.